The number of aromatic amines is 1. The minimum Gasteiger partial charge on any atom is -0.341 e. The highest BCUT2D eigenvalue weighted by molar-refractivity contribution is 7.97. The molecule has 0 saturated carbocycles. The number of aromatic nitrogens is 2. The fraction of sp³-hybridized carbons (Fsp3) is 0. The number of H-pyrrole nitrogens is 1. The van der Waals surface area contributed by atoms with Crippen molar-refractivity contribution in [2.45, 2.75) is 0 Å². The van der Waals surface area contributed by atoms with Crippen molar-refractivity contribution in [1.82, 2.24) is 9.97 Å². The predicted octanol–water partition coefficient (Wildman–Crippen LogP) is 0.747. The van der Waals surface area contributed by atoms with Gasteiger partial charge in [0.05, 0.1) is 0 Å². The van der Waals surface area contributed by atoms with Crippen LogP contribution < -0.4 is 0 Å². The lowest BCUT2D eigenvalue weighted by atomic mass is 10.7. The first-order valence-corrected chi connectivity index (χ1v) is 2.42. The summed E-state index contributed by atoms with van der Waals surface area (Å²) >= 11 is 4.27. The van der Waals surface area contributed by atoms with Gasteiger partial charge in [-0.2, -0.15) is 0 Å². The topological polar surface area (TPSA) is 45.8 Å². The van der Waals surface area contributed by atoms with E-state index in [1.54, 1.807) is 6.20 Å². The predicted molar refractivity (Wildman–Crippen MR) is 30.5 cm³/mol. The monoisotopic (exact) mass is 127 g/mol. The number of nitrogens with zero attached hydrogens (tertiary/aromatic N) is 1. The summed E-state index contributed by atoms with van der Waals surface area (Å²) in [5.74, 6) is 0.236. The third kappa shape index (κ3) is 0.840. The van der Waals surface area contributed by atoms with Crippen LogP contribution in [0.15, 0.2) is 12.4 Å². The average Bonchev–Trinajstić information content (AvgIpc) is 2.12. The van der Waals surface area contributed by atoms with Crippen LogP contribution in [0.25, 0.3) is 0 Å². The fourth-order valence-corrected chi connectivity index (χ4v) is 0.489. The molecule has 0 saturated heterocycles. The van der Waals surface area contributed by atoms with E-state index in [1.165, 1.54) is 6.20 Å². The van der Waals surface area contributed by atoms with Gasteiger partial charge < -0.3 is 4.98 Å². The SMILES string of the molecule is O=C([S])c1ncc[nH]1. The Morgan fingerprint density at radius 3 is 2.88 bits per heavy atom. The van der Waals surface area contributed by atoms with Gasteiger partial charge in [0.25, 0.3) is 5.12 Å². The van der Waals surface area contributed by atoms with Crippen molar-refractivity contribution in [3.8, 4) is 0 Å². The lowest BCUT2D eigenvalue weighted by Crippen LogP contribution is -1.89. The van der Waals surface area contributed by atoms with Crippen LogP contribution in [-0.4, -0.2) is 15.1 Å². The van der Waals surface area contributed by atoms with Crippen molar-refractivity contribution < 1.29 is 4.79 Å². The minimum absolute atomic E-state index is 0.236. The maximum atomic E-state index is 10.2. The van der Waals surface area contributed by atoms with Crippen molar-refractivity contribution >= 4 is 17.7 Å². The summed E-state index contributed by atoms with van der Waals surface area (Å²) in [6.45, 7) is 0. The maximum absolute atomic E-state index is 10.2. The number of rotatable bonds is 1. The van der Waals surface area contributed by atoms with Crippen molar-refractivity contribution in [1.29, 1.82) is 0 Å². The zero-order valence-corrected chi connectivity index (χ0v) is 4.73. The van der Waals surface area contributed by atoms with Crippen LogP contribution >= 0.6 is 12.6 Å². The van der Waals surface area contributed by atoms with Gasteiger partial charge in [-0.05, 0) is 12.6 Å². The number of carbonyl (C=O) groups is 1. The maximum Gasteiger partial charge on any atom is 0.284 e. The lowest BCUT2D eigenvalue weighted by molar-refractivity contribution is 0.108. The molecule has 1 aromatic heterocycles. The van der Waals surface area contributed by atoms with E-state index in [0.717, 1.165) is 0 Å². The quantitative estimate of drug-likeness (QED) is 0.605. The summed E-state index contributed by atoms with van der Waals surface area (Å²) in [7, 11) is 0. The highest BCUT2D eigenvalue weighted by Gasteiger charge is 1.99. The van der Waals surface area contributed by atoms with Gasteiger partial charge in [-0.1, -0.05) is 0 Å². The largest absolute Gasteiger partial charge is 0.341 e. The van der Waals surface area contributed by atoms with E-state index in [-0.39, 0.29) is 5.82 Å². The highest BCUT2D eigenvalue weighted by Crippen LogP contribution is 1.91. The number of hydrogen-bond donors (Lipinski definition) is 1. The minimum atomic E-state index is -0.449. The van der Waals surface area contributed by atoms with Crippen LogP contribution in [0.3, 0.4) is 0 Å². The molecule has 1 heterocycles. The van der Waals surface area contributed by atoms with Gasteiger partial charge >= 0.3 is 0 Å². The lowest BCUT2D eigenvalue weighted by Gasteiger charge is -1.77. The van der Waals surface area contributed by atoms with Gasteiger partial charge in [-0.15, -0.1) is 0 Å². The van der Waals surface area contributed by atoms with E-state index in [1.807, 2.05) is 0 Å². The second-order valence-corrected chi connectivity index (χ2v) is 1.60. The van der Waals surface area contributed by atoms with Gasteiger partial charge in [0, 0.05) is 12.4 Å². The molecule has 41 valence electrons. The smallest absolute Gasteiger partial charge is 0.284 e. The molecule has 1 rings (SSSR count). The molecule has 3 nitrogen and oxygen atoms in total. The molecule has 0 aliphatic heterocycles. The zero-order valence-electron chi connectivity index (χ0n) is 3.92. The Morgan fingerprint density at radius 2 is 2.62 bits per heavy atom. The van der Waals surface area contributed by atoms with E-state index >= 15 is 0 Å². The highest BCUT2D eigenvalue weighted by atomic mass is 32.1. The molecule has 0 aromatic carbocycles. The fourth-order valence-electron chi connectivity index (χ4n) is 0.377. The Bertz CT molecular complexity index is 182. The summed E-state index contributed by atoms with van der Waals surface area (Å²) in [5, 5.41) is -0.449. The summed E-state index contributed by atoms with van der Waals surface area (Å²) in [5.41, 5.74) is 0. The van der Waals surface area contributed by atoms with Crippen LogP contribution in [-0.2, 0) is 0 Å². The first kappa shape index (κ1) is 5.24. The first-order chi connectivity index (χ1) is 3.80. The second kappa shape index (κ2) is 1.92. The summed E-state index contributed by atoms with van der Waals surface area (Å²) < 4.78 is 0. The molecule has 1 radical (unpaired) electrons. The van der Waals surface area contributed by atoms with Gasteiger partial charge in [0.1, 0.15) is 0 Å². The van der Waals surface area contributed by atoms with Crippen molar-refractivity contribution in [2.24, 2.45) is 0 Å². The molecule has 0 spiro atoms. The summed E-state index contributed by atoms with van der Waals surface area (Å²) in [6.07, 6.45) is 3.04. The molecule has 1 aromatic rings. The standard InChI is InChI=1S/C4H3N2OS/c7-4(8)3-5-1-2-6-3/h1-2H,(H,5,6). The van der Waals surface area contributed by atoms with Crippen LogP contribution in [0, 0.1) is 0 Å². The second-order valence-electron chi connectivity index (χ2n) is 1.23. The first-order valence-electron chi connectivity index (χ1n) is 2.01. The van der Waals surface area contributed by atoms with Crippen LogP contribution in [0.1, 0.15) is 10.6 Å². The molecule has 0 unspecified atom stereocenters. The molecule has 0 amide bonds. The van der Waals surface area contributed by atoms with Gasteiger partial charge in [-0.3, -0.25) is 4.79 Å². The van der Waals surface area contributed by atoms with Crippen molar-refractivity contribution in [3.05, 3.63) is 18.2 Å². The molecule has 1 N–H and O–H groups in total. The molecular formula is C4H3N2OS. The van der Waals surface area contributed by atoms with E-state index < -0.39 is 5.12 Å². The molecule has 0 atom stereocenters. The number of hydrogen-bond acceptors (Lipinski definition) is 2. The van der Waals surface area contributed by atoms with Crippen LogP contribution in [0.5, 0.6) is 0 Å². The zero-order chi connectivity index (χ0) is 5.98. The Labute approximate surface area is 51.5 Å². The molecular weight excluding hydrogens is 124 g/mol. The third-order valence-electron chi connectivity index (χ3n) is 0.692. The molecule has 8 heavy (non-hydrogen) atoms. The normalized spacial score (nSPS) is 9.00. The van der Waals surface area contributed by atoms with Crippen molar-refractivity contribution in [2.75, 3.05) is 0 Å². The Hall–Kier alpha value is -0.900. The summed E-state index contributed by atoms with van der Waals surface area (Å²) in [4.78, 5) is 16.4. The average molecular weight is 127 g/mol. The third-order valence-corrected chi connectivity index (χ3v) is 0.885. The number of carbonyl (C=O) groups excluding carboxylic acids is 1. The van der Waals surface area contributed by atoms with E-state index in [0.29, 0.717) is 0 Å². The van der Waals surface area contributed by atoms with Crippen LogP contribution in [0.4, 0.5) is 0 Å². The van der Waals surface area contributed by atoms with E-state index in [9.17, 15) is 4.79 Å². The Kier molecular flexibility index (Phi) is 1.26. The molecule has 4 heteroatoms. The van der Waals surface area contributed by atoms with E-state index in [2.05, 4.69) is 22.6 Å². The Balaban J connectivity index is 2.93. The van der Waals surface area contributed by atoms with Gasteiger partial charge in [-0.25, -0.2) is 4.98 Å². The number of imidazole rings is 1. The molecule has 0 aliphatic rings. The Morgan fingerprint density at radius 1 is 1.88 bits per heavy atom. The molecule has 0 aliphatic carbocycles. The number of nitrogens with one attached hydrogen (secondary N) is 1. The van der Waals surface area contributed by atoms with Gasteiger partial charge in [0.2, 0.25) is 0 Å². The van der Waals surface area contributed by atoms with Crippen LogP contribution in [0.2, 0.25) is 0 Å². The molecule has 0 fully saturated rings. The van der Waals surface area contributed by atoms with E-state index in [4.69, 9.17) is 0 Å². The summed E-state index contributed by atoms with van der Waals surface area (Å²) in [6, 6.07) is 0. The molecule has 0 bridgehead atoms. The van der Waals surface area contributed by atoms with Crippen molar-refractivity contribution in [3.63, 3.8) is 0 Å². The van der Waals surface area contributed by atoms with Gasteiger partial charge in [0.15, 0.2) is 5.82 Å².